The van der Waals surface area contributed by atoms with Gasteiger partial charge >= 0.3 is 5.97 Å². The topological polar surface area (TPSA) is 66.8 Å². The molecule has 1 heterocycles. The molecule has 4 nitrogen and oxygen atoms in total. The second-order valence-corrected chi connectivity index (χ2v) is 11.7. The molecular formula is C26H38O4. The molecule has 0 aromatic heterocycles. The van der Waals surface area contributed by atoms with Crippen LogP contribution in [0.3, 0.4) is 0 Å². The summed E-state index contributed by atoms with van der Waals surface area (Å²) in [6, 6.07) is 0. The van der Waals surface area contributed by atoms with Gasteiger partial charge in [0, 0.05) is 11.5 Å². The molecule has 1 aliphatic heterocycles. The van der Waals surface area contributed by atoms with Crippen molar-refractivity contribution in [3.63, 3.8) is 0 Å². The first-order chi connectivity index (χ1) is 14.2. The lowest BCUT2D eigenvalue weighted by atomic mass is 9.42. The summed E-state index contributed by atoms with van der Waals surface area (Å²) < 4.78 is 5.22. The lowest BCUT2D eigenvalue weighted by Crippen LogP contribution is -2.63. The van der Waals surface area contributed by atoms with E-state index < -0.39 is 11.2 Å². The molecule has 4 heteroatoms. The van der Waals surface area contributed by atoms with Crippen molar-refractivity contribution >= 4 is 5.97 Å². The van der Waals surface area contributed by atoms with Crippen LogP contribution in [0, 0.1) is 34.5 Å². The number of fused-ring (bicyclic) bond motifs is 5. The minimum atomic E-state index is -0.657. The number of ether oxygens (including phenoxy) is 1. The molecular weight excluding hydrogens is 376 g/mol. The number of hydrogen-bond acceptors (Lipinski definition) is 4. The molecule has 8 atom stereocenters. The van der Waals surface area contributed by atoms with Gasteiger partial charge in [-0.3, -0.25) is 0 Å². The minimum absolute atomic E-state index is 0.171. The van der Waals surface area contributed by atoms with E-state index >= 15 is 0 Å². The fourth-order valence-corrected chi connectivity index (χ4v) is 8.93. The van der Waals surface area contributed by atoms with Crippen molar-refractivity contribution in [3.05, 3.63) is 24.3 Å². The van der Waals surface area contributed by atoms with Crippen LogP contribution in [0.2, 0.25) is 0 Å². The number of carbonyl (C=O) groups excluding carboxylic acids is 1. The van der Waals surface area contributed by atoms with Crippen LogP contribution in [0.4, 0.5) is 0 Å². The molecule has 0 amide bonds. The Morgan fingerprint density at radius 2 is 1.90 bits per heavy atom. The Kier molecular flexibility index (Phi) is 4.62. The normalized spacial score (nSPS) is 52.7. The van der Waals surface area contributed by atoms with Crippen LogP contribution in [-0.4, -0.2) is 34.0 Å². The summed E-state index contributed by atoms with van der Waals surface area (Å²) in [5.41, 5.74) is -0.106. The zero-order chi connectivity index (χ0) is 21.4. The van der Waals surface area contributed by atoms with Crippen molar-refractivity contribution in [2.75, 3.05) is 6.61 Å². The number of carbonyl (C=O) groups is 1. The lowest BCUT2D eigenvalue weighted by Gasteiger charge is -2.64. The average molecular weight is 415 g/mol. The minimum Gasteiger partial charge on any atom is -0.458 e. The highest BCUT2D eigenvalue weighted by atomic mass is 16.5. The largest absolute Gasteiger partial charge is 0.458 e. The number of aliphatic hydroxyl groups is 2. The van der Waals surface area contributed by atoms with Gasteiger partial charge in [-0.25, -0.2) is 4.79 Å². The molecule has 166 valence electrons. The monoisotopic (exact) mass is 414 g/mol. The van der Waals surface area contributed by atoms with E-state index in [1.807, 2.05) is 6.08 Å². The first kappa shape index (κ1) is 20.8. The van der Waals surface area contributed by atoms with E-state index in [0.717, 1.165) is 63.4 Å². The number of hydrogen-bond donors (Lipinski definition) is 2. The van der Waals surface area contributed by atoms with Crippen molar-refractivity contribution in [2.24, 2.45) is 34.5 Å². The van der Waals surface area contributed by atoms with E-state index in [2.05, 4.69) is 20.4 Å². The van der Waals surface area contributed by atoms with Crippen LogP contribution in [0.15, 0.2) is 24.3 Å². The van der Waals surface area contributed by atoms with Gasteiger partial charge < -0.3 is 14.9 Å². The van der Waals surface area contributed by atoms with Crippen molar-refractivity contribution in [1.29, 1.82) is 0 Å². The standard InChI is InChI=1S/C26H38O4/c1-4-9-25(28)13-12-23(2)18(15-25)5-6-21-20(23)7-10-24(3)19(8-11-26(21,24)29)17-14-22(27)30-16-17/h4,14,18-21,28-29H,1,5-13,15-16H2,2-3H3/t18-,19-,20+,21-,23+,24-,25+,26+/m1/s1. The summed E-state index contributed by atoms with van der Waals surface area (Å²) in [4.78, 5) is 11.7. The lowest BCUT2D eigenvalue weighted by molar-refractivity contribution is -0.214. The summed E-state index contributed by atoms with van der Waals surface area (Å²) in [5, 5.41) is 23.3. The summed E-state index contributed by atoms with van der Waals surface area (Å²) >= 11 is 0. The molecule has 0 bridgehead atoms. The summed E-state index contributed by atoms with van der Waals surface area (Å²) in [6.07, 6.45) is 13.1. The van der Waals surface area contributed by atoms with Crippen molar-refractivity contribution in [2.45, 2.75) is 89.3 Å². The third-order valence-electron chi connectivity index (χ3n) is 10.7. The molecule has 4 fully saturated rings. The maximum Gasteiger partial charge on any atom is 0.331 e. The molecule has 0 spiro atoms. The van der Waals surface area contributed by atoms with Gasteiger partial charge in [-0.2, -0.15) is 0 Å². The molecule has 0 radical (unpaired) electrons. The zero-order valence-corrected chi connectivity index (χ0v) is 18.7. The Hall–Kier alpha value is -1.13. The van der Waals surface area contributed by atoms with Gasteiger partial charge in [0.25, 0.3) is 0 Å². The van der Waals surface area contributed by atoms with E-state index in [9.17, 15) is 15.0 Å². The summed E-state index contributed by atoms with van der Waals surface area (Å²) in [7, 11) is 0. The van der Waals surface area contributed by atoms with Crippen LogP contribution in [0.25, 0.3) is 0 Å². The van der Waals surface area contributed by atoms with Crippen molar-refractivity contribution in [1.82, 2.24) is 0 Å². The Balaban J connectivity index is 1.42. The third-order valence-corrected chi connectivity index (χ3v) is 10.7. The Morgan fingerprint density at radius 3 is 2.60 bits per heavy atom. The molecule has 0 unspecified atom stereocenters. The van der Waals surface area contributed by atoms with Gasteiger partial charge in [-0.15, -0.1) is 6.58 Å². The maximum absolute atomic E-state index is 12.2. The molecule has 0 saturated heterocycles. The smallest absolute Gasteiger partial charge is 0.331 e. The van der Waals surface area contributed by atoms with Crippen LogP contribution >= 0.6 is 0 Å². The van der Waals surface area contributed by atoms with Crippen molar-refractivity contribution < 1.29 is 19.7 Å². The van der Waals surface area contributed by atoms with Gasteiger partial charge in [-0.1, -0.05) is 19.9 Å². The van der Waals surface area contributed by atoms with E-state index in [1.165, 1.54) is 0 Å². The number of esters is 1. The zero-order valence-electron chi connectivity index (χ0n) is 18.7. The van der Waals surface area contributed by atoms with E-state index in [0.29, 0.717) is 30.8 Å². The second kappa shape index (κ2) is 6.68. The Morgan fingerprint density at radius 1 is 1.10 bits per heavy atom. The summed E-state index contributed by atoms with van der Waals surface area (Å²) in [6.45, 7) is 9.00. The van der Waals surface area contributed by atoms with Crippen LogP contribution < -0.4 is 0 Å². The van der Waals surface area contributed by atoms with Gasteiger partial charge in [0.05, 0.1) is 11.2 Å². The van der Waals surface area contributed by atoms with Crippen LogP contribution in [0.5, 0.6) is 0 Å². The van der Waals surface area contributed by atoms with E-state index in [1.54, 1.807) is 6.08 Å². The predicted octanol–water partition coefficient (Wildman–Crippen LogP) is 4.55. The highest BCUT2D eigenvalue weighted by molar-refractivity contribution is 5.85. The molecule has 5 rings (SSSR count). The second-order valence-electron chi connectivity index (χ2n) is 11.7. The fourth-order valence-electron chi connectivity index (χ4n) is 8.93. The number of cyclic esters (lactones) is 1. The average Bonchev–Trinajstić information content (AvgIpc) is 3.23. The van der Waals surface area contributed by atoms with E-state index in [-0.39, 0.29) is 22.7 Å². The first-order valence-corrected chi connectivity index (χ1v) is 12.1. The van der Waals surface area contributed by atoms with Crippen LogP contribution in [-0.2, 0) is 9.53 Å². The van der Waals surface area contributed by atoms with Gasteiger partial charge in [0.1, 0.15) is 6.61 Å². The molecule has 30 heavy (non-hydrogen) atoms. The molecule has 4 saturated carbocycles. The first-order valence-electron chi connectivity index (χ1n) is 12.1. The predicted molar refractivity (Wildman–Crippen MR) is 115 cm³/mol. The number of rotatable bonds is 3. The van der Waals surface area contributed by atoms with E-state index in [4.69, 9.17) is 4.74 Å². The Labute approximate surface area is 180 Å². The third kappa shape index (κ3) is 2.68. The molecule has 4 aliphatic carbocycles. The molecule has 0 aromatic carbocycles. The highest BCUT2D eigenvalue weighted by Crippen LogP contribution is 2.70. The fraction of sp³-hybridized carbons (Fsp3) is 0.808. The van der Waals surface area contributed by atoms with Gasteiger partial charge in [0.2, 0.25) is 0 Å². The summed E-state index contributed by atoms with van der Waals surface area (Å²) in [5.74, 6) is 1.42. The van der Waals surface area contributed by atoms with Gasteiger partial charge in [-0.05, 0) is 98.9 Å². The van der Waals surface area contributed by atoms with Crippen molar-refractivity contribution in [3.8, 4) is 0 Å². The molecule has 2 N–H and O–H groups in total. The highest BCUT2D eigenvalue weighted by Gasteiger charge is 2.68. The Bertz CT molecular complexity index is 788. The quantitative estimate of drug-likeness (QED) is 0.525. The molecule has 0 aromatic rings. The van der Waals surface area contributed by atoms with Crippen LogP contribution in [0.1, 0.15) is 78.1 Å². The van der Waals surface area contributed by atoms with Gasteiger partial charge in [0.15, 0.2) is 0 Å². The molecule has 5 aliphatic rings. The maximum atomic E-state index is 12.2. The SMILES string of the molecule is C=CC[C@]1(O)CC[C@@]2(C)[C@H](CC[C@@H]3[C@@H]2CC[C@]2(C)[C@@H](C4=CC(=O)OC4)CC[C@]32O)C1.